The lowest BCUT2D eigenvalue weighted by atomic mass is 9.91. The quantitative estimate of drug-likeness (QED) is 0.835. The van der Waals surface area contributed by atoms with Crippen LogP contribution < -0.4 is 0 Å². The Morgan fingerprint density at radius 2 is 1.83 bits per heavy atom. The summed E-state index contributed by atoms with van der Waals surface area (Å²) in [5.41, 5.74) is 1.52. The van der Waals surface area contributed by atoms with Crippen molar-refractivity contribution in [2.75, 3.05) is 0 Å². The maximum absolute atomic E-state index is 10.1. The van der Waals surface area contributed by atoms with Gasteiger partial charge in [-0.25, -0.2) is 0 Å². The van der Waals surface area contributed by atoms with Crippen molar-refractivity contribution in [2.45, 2.75) is 52.2 Å². The Morgan fingerprint density at radius 3 is 2.22 bits per heavy atom. The van der Waals surface area contributed by atoms with Crippen LogP contribution in [0.4, 0.5) is 0 Å². The number of aryl methyl sites for hydroxylation is 2. The van der Waals surface area contributed by atoms with Gasteiger partial charge >= 0.3 is 0 Å². The second kappa shape index (κ2) is 6.55. The van der Waals surface area contributed by atoms with Gasteiger partial charge in [0.25, 0.3) is 0 Å². The number of aliphatic hydroxyl groups is 2. The van der Waals surface area contributed by atoms with Crippen LogP contribution in [0, 0.1) is 12.8 Å². The average Bonchev–Trinajstić information content (AvgIpc) is 2.57. The molecule has 0 radical (unpaired) electrons. The minimum atomic E-state index is -0.804. The largest absolute Gasteiger partial charge is 0.390 e. The zero-order valence-electron chi connectivity index (χ0n) is 11.5. The molecule has 2 atom stereocenters. The molecule has 0 aromatic carbocycles. The summed E-state index contributed by atoms with van der Waals surface area (Å²) in [5, 5.41) is 25.0. The zero-order valence-corrected chi connectivity index (χ0v) is 12.3. The second-order valence-corrected chi connectivity index (χ2v) is 5.19. The molecular formula is C13H23ClN2O2. The Bertz CT molecular complexity index is 389. The van der Waals surface area contributed by atoms with Crippen molar-refractivity contribution in [3.8, 4) is 0 Å². The van der Waals surface area contributed by atoms with Crippen molar-refractivity contribution < 1.29 is 10.2 Å². The molecule has 0 fully saturated rings. The number of aromatic nitrogens is 2. The number of halogens is 1. The molecule has 2 unspecified atom stereocenters. The summed E-state index contributed by atoms with van der Waals surface area (Å²) in [5.74, 6) is 0.119. The van der Waals surface area contributed by atoms with E-state index >= 15 is 0 Å². The standard InChI is InChI=1S/C13H23ClN2O2/c1-5-9(6-2)13(18)11(17)7-10-12(14)8(3)15-16(10)4/h9,11,13,17-18H,5-7H2,1-4H3. The third kappa shape index (κ3) is 3.25. The SMILES string of the molecule is CCC(CC)C(O)C(O)Cc1c(Cl)c(C)nn1C. The highest BCUT2D eigenvalue weighted by Crippen LogP contribution is 2.24. The molecule has 0 spiro atoms. The van der Waals surface area contributed by atoms with E-state index in [-0.39, 0.29) is 5.92 Å². The first-order chi connectivity index (χ1) is 8.42. The number of rotatable bonds is 6. The smallest absolute Gasteiger partial charge is 0.0857 e. The van der Waals surface area contributed by atoms with Crippen LogP contribution in [-0.4, -0.2) is 32.2 Å². The highest BCUT2D eigenvalue weighted by Gasteiger charge is 2.26. The number of hydrogen-bond donors (Lipinski definition) is 2. The van der Waals surface area contributed by atoms with Crippen molar-refractivity contribution in [3.63, 3.8) is 0 Å². The summed E-state index contributed by atoms with van der Waals surface area (Å²) in [4.78, 5) is 0. The van der Waals surface area contributed by atoms with E-state index in [2.05, 4.69) is 5.10 Å². The molecule has 0 amide bonds. The van der Waals surface area contributed by atoms with Crippen LogP contribution in [0.2, 0.25) is 5.02 Å². The van der Waals surface area contributed by atoms with E-state index in [0.29, 0.717) is 11.4 Å². The molecule has 104 valence electrons. The fourth-order valence-corrected chi connectivity index (χ4v) is 2.54. The first-order valence-electron chi connectivity index (χ1n) is 6.46. The molecule has 1 aromatic rings. The molecule has 0 aliphatic rings. The maximum Gasteiger partial charge on any atom is 0.0857 e. The molecule has 1 aromatic heterocycles. The first kappa shape index (κ1) is 15.5. The van der Waals surface area contributed by atoms with E-state index in [1.54, 1.807) is 11.7 Å². The average molecular weight is 275 g/mol. The minimum absolute atomic E-state index is 0.119. The summed E-state index contributed by atoms with van der Waals surface area (Å²) in [6.07, 6.45) is 0.515. The first-order valence-corrected chi connectivity index (χ1v) is 6.84. The summed E-state index contributed by atoms with van der Waals surface area (Å²) < 4.78 is 1.67. The van der Waals surface area contributed by atoms with E-state index in [0.717, 1.165) is 24.2 Å². The van der Waals surface area contributed by atoms with Crippen LogP contribution in [0.5, 0.6) is 0 Å². The molecule has 2 N–H and O–H groups in total. The van der Waals surface area contributed by atoms with Crippen LogP contribution in [0.15, 0.2) is 0 Å². The van der Waals surface area contributed by atoms with Crippen LogP contribution >= 0.6 is 11.6 Å². The highest BCUT2D eigenvalue weighted by molar-refractivity contribution is 6.31. The normalized spacial score (nSPS) is 15.1. The van der Waals surface area contributed by atoms with Crippen LogP contribution in [-0.2, 0) is 13.5 Å². The van der Waals surface area contributed by atoms with E-state index in [1.165, 1.54) is 0 Å². The van der Waals surface area contributed by atoms with Gasteiger partial charge in [0.1, 0.15) is 0 Å². The van der Waals surface area contributed by atoms with Gasteiger partial charge in [0.15, 0.2) is 0 Å². The number of nitrogens with zero attached hydrogens (tertiary/aromatic N) is 2. The Balaban J connectivity index is 2.77. The van der Waals surface area contributed by atoms with Gasteiger partial charge in [0.05, 0.1) is 28.6 Å². The van der Waals surface area contributed by atoms with Crippen molar-refractivity contribution in [1.29, 1.82) is 0 Å². The summed E-state index contributed by atoms with van der Waals surface area (Å²) in [6, 6.07) is 0. The van der Waals surface area contributed by atoms with Crippen molar-refractivity contribution in [2.24, 2.45) is 13.0 Å². The lowest BCUT2D eigenvalue weighted by molar-refractivity contribution is -0.0195. The van der Waals surface area contributed by atoms with Crippen molar-refractivity contribution >= 4 is 11.6 Å². The topological polar surface area (TPSA) is 58.3 Å². The Kier molecular flexibility index (Phi) is 5.63. The lowest BCUT2D eigenvalue weighted by Gasteiger charge is -2.25. The molecule has 1 rings (SSSR count). The second-order valence-electron chi connectivity index (χ2n) is 4.81. The van der Waals surface area contributed by atoms with Crippen LogP contribution in [0.3, 0.4) is 0 Å². The van der Waals surface area contributed by atoms with E-state index in [4.69, 9.17) is 11.6 Å². The van der Waals surface area contributed by atoms with E-state index in [9.17, 15) is 10.2 Å². The van der Waals surface area contributed by atoms with Gasteiger partial charge in [-0.3, -0.25) is 4.68 Å². The predicted octanol–water partition coefficient (Wildman–Crippen LogP) is 2.08. The number of aliphatic hydroxyl groups excluding tert-OH is 2. The molecule has 18 heavy (non-hydrogen) atoms. The molecule has 0 aliphatic carbocycles. The van der Waals surface area contributed by atoms with Gasteiger partial charge in [0, 0.05) is 13.5 Å². The monoisotopic (exact) mass is 274 g/mol. The predicted molar refractivity (Wildman–Crippen MR) is 72.7 cm³/mol. The molecule has 0 aliphatic heterocycles. The minimum Gasteiger partial charge on any atom is -0.390 e. The van der Waals surface area contributed by atoms with Gasteiger partial charge in [0.2, 0.25) is 0 Å². The fraction of sp³-hybridized carbons (Fsp3) is 0.769. The van der Waals surface area contributed by atoms with Crippen molar-refractivity contribution in [3.05, 3.63) is 16.4 Å². The third-order valence-corrected chi connectivity index (χ3v) is 4.08. The highest BCUT2D eigenvalue weighted by atomic mass is 35.5. The van der Waals surface area contributed by atoms with Gasteiger partial charge in [-0.05, 0) is 12.8 Å². The Hall–Kier alpha value is -0.580. The Morgan fingerprint density at radius 1 is 1.28 bits per heavy atom. The molecule has 0 saturated carbocycles. The van der Waals surface area contributed by atoms with Crippen LogP contribution in [0.1, 0.15) is 38.1 Å². The molecule has 4 nitrogen and oxygen atoms in total. The summed E-state index contributed by atoms with van der Waals surface area (Å²) in [6.45, 7) is 5.87. The third-order valence-electron chi connectivity index (χ3n) is 3.59. The van der Waals surface area contributed by atoms with E-state index in [1.807, 2.05) is 20.8 Å². The van der Waals surface area contributed by atoms with Crippen LogP contribution in [0.25, 0.3) is 0 Å². The molecule has 0 bridgehead atoms. The summed E-state index contributed by atoms with van der Waals surface area (Å²) >= 11 is 6.13. The number of hydrogen-bond acceptors (Lipinski definition) is 3. The molecule has 1 heterocycles. The Labute approximate surface area is 114 Å². The fourth-order valence-electron chi connectivity index (χ4n) is 2.31. The lowest BCUT2D eigenvalue weighted by Crippen LogP contribution is -2.35. The van der Waals surface area contributed by atoms with Gasteiger partial charge in [-0.1, -0.05) is 38.3 Å². The molecule has 0 saturated heterocycles. The summed E-state index contributed by atoms with van der Waals surface area (Å²) in [7, 11) is 1.80. The van der Waals surface area contributed by atoms with E-state index < -0.39 is 12.2 Å². The van der Waals surface area contributed by atoms with Gasteiger partial charge in [-0.15, -0.1) is 0 Å². The molecule has 5 heteroatoms. The van der Waals surface area contributed by atoms with Crippen molar-refractivity contribution in [1.82, 2.24) is 9.78 Å². The maximum atomic E-state index is 10.1. The van der Waals surface area contributed by atoms with Gasteiger partial charge < -0.3 is 10.2 Å². The molecular weight excluding hydrogens is 252 g/mol. The zero-order chi connectivity index (χ0) is 13.9. The van der Waals surface area contributed by atoms with Gasteiger partial charge in [-0.2, -0.15) is 5.10 Å².